The monoisotopic (exact) mass is 544 g/mol. The molecule has 2 atom stereocenters. The maximum absolute atomic E-state index is 6.17. The Hall–Kier alpha value is -4.42. The Bertz CT molecular complexity index is 1660. The molecule has 1 fully saturated rings. The van der Waals surface area contributed by atoms with Crippen LogP contribution < -0.4 is 15.0 Å². The summed E-state index contributed by atoms with van der Waals surface area (Å²) in [6.45, 7) is 8.51. The van der Waals surface area contributed by atoms with Crippen molar-refractivity contribution < 1.29 is 4.74 Å². The summed E-state index contributed by atoms with van der Waals surface area (Å²) >= 11 is 5.97. The van der Waals surface area contributed by atoms with Crippen LogP contribution in [0.2, 0.25) is 0 Å². The molecular weight excluding hydrogens is 512 g/mol. The Morgan fingerprint density at radius 1 is 0.800 bits per heavy atom. The second kappa shape index (κ2) is 10.6. The minimum absolute atomic E-state index is 0.0871. The number of anilines is 1. The van der Waals surface area contributed by atoms with Gasteiger partial charge in [-0.05, 0) is 112 Å². The van der Waals surface area contributed by atoms with Crippen LogP contribution in [0.3, 0.4) is 0 Å². The van der Waals surface area contributed by atoms with Crippen molar-refractivity contribution >= 4 is 23.0 Å². The third-order valence-electron chi connectivity index (χ3n) is 7.62. The van der Waals surface area contributed by atoms with Crippen molar-refractivity contribution in [1.82, 2.24) is 14.9 Å². The summed E-state index contributed by atoms with van der Waals surface area (Å²) in [4.78, 5) is 6.94. The van der Waals surface area contributed by atoms with Crippen LogP contribution >= 0.6 is 12.2 Å². The Morgan fingerprint density at radius 3 is 2.20 bits per heavy atom. The van der Waals surface area contributed by atoms with E-state index >= 15 is 0 Å². The second-order valence-corrected chi connectivity index (χ2v) is 10.7. The number of rotatable bonds is 6. The van der Waals surface area contributed by atoms with Crippen LogP contribution in [-0.4, -0.2) is 14.7 Å². The Labute approximate surface area is 241 Å². The van der Waals surface area contributed by atoms with E-state index in [0.717, 1.165) is 34.1 Å². The van der Waals surface area contributed by atoms with E-state index in [1.165, 1.54) is 22.5 Å². The van der Waals surface area contributed by atoms with Gasteiger partial charge in [0.2, 0.25) is 0 Å². The number of pyridine rings is 1. The summed E-state index contributed by atoms with van der Waals surface area (Å²) in [7, 11) is 0. The number of hydrogen-bond acceptors (Lipinski definition) is 3. The number of aryl methyl sites for hydroxylation is 3. The molecule has 5 aromatic rings. The van der Waals surface area contributed by atoms with Gasteiger partial charge in [0.05, 0.1) is 17.8 Å². The first kappa shape index (κ1) is 25.8. The van der Waals surface area contributed by atoms with E-state index < -0.39 is 0 Å². The molecule has 0 saturated carbocycles. The second-order valence-electron chi connectivity index (χ2n) is 10.4. The number of benzene rings is 3. The van der Waals surface area contributed by atoms with Gasteiger partial charge in [0.15, 0.2) is 5.11 Å². The lowest BCUT2D eigenvalue weighted by Gasteiger charge is -2.28. The predicted octanol–water partition coefficient (Wildman–Crippen LogP) is 8.08. The average molecular weight is 545 g/mol. The number of para-hydroxylation sites is 1. The zero-order chi connectivity index (χ0) is 27.8. The first-order valence-corrected chi connectivity index (χ1v) is 13.9. The summed E-state index contributed by atoms with van der Waals surface area (Å²) in [6, 6.07) is 33.0. The van der Waals surface area contributed by atoms with Gasteiger partial charge in [-0.25, -0.2) is 0 Å². The third-order valence-corrected chi connectivity index (χ3v) is 7.93. The summed E-state index contributed by atoms with van der Waals surface area (Å²) in [5.41, 5.74) is 9.02. The SMILES string of the molecule is Cc1ccc(-n2c(C)cc([C@H]3[C@H](c4ccccn4)NC(=S)N3c3ccc(Oc4ccccc4C)cc3)c2C)cc1. The van der Waals surface area contributed by atoms with E-state index in [2.05, 4.69) is 84.1 Å². The number of ether oxygens (including phenoxy) is 1. The molecule has 3 heterocycles. The quantitative estimate of drug-likeness (QED) is 0.219. The molecule has 0 radical (unpaired) electrons. The minimum atomic E-state index is -0.108. The lowest BCUT2D eigenvalue weighted by Crippen LogP contribution is -2.29. The molecule has 2 aromatic heterocycles. The van der Waals surface area contributed by atoms with Gasteiger partial charge >= 0.3 is 0 Å². The normalized spacial score (nSPS) is 16.7. The smallest absolute Gasteiger partial charge is 0.174 e. The molecule has 200 valence electrons. The molecule has 6 heteroatoms. The van der Waals surface area contributed by atoms with Crippen molar-refractivity contribution in [3.8, 4) is 17.2 Å². The fraction of sp³-hybridized carbons (Fsp3) is 0.176. The Balaban J connectivity index is 1.41. The van der Waals surface area contributed by atoms with Gasteiger partial charge in [0, 0.05) is 29.0 Å². The summed E-state index contributed by atoms with van der Waals surface area (Å²) in [5.74, 6) is 1.64. The molecule has 1 aliphatic rings. The van der Waals surface area contributed by atoms with E-state index in [9.17, 15) is 0 Å². The molecule has 0 unspecified atom stereocenters. The summed E-state index contributed by atoms with van der Waals surface area (Å²) in [6.07, 6.45) is 1.84. The predicted molar refractivity (Wildman–Crippen MR) is 166 cm³/mol. The first-order chi connectivity index (χ1) is 19.4. The van der Waals surface area contributed by atoms with E-state index in [1.807, 2.05) is 61.7 Å². The average Bonchev–Trinajstić information content (AvgIpc) is 3.46. The van der Waals surface area contributed by atoms with Gasteiger partial charge in [-0.3, -0.25) is 4.98 Å². The first-order valence-electron chi connectivity index (χ1n) is 13.5. The van der Waals surface area contributed by atoms with Crippen LogP contribution in [0, 0.1) is 27.7 Å². The number of hydrogen-bond donors (Lipinski definition) is 1. The summed E-state index contributed by atoms with van der Waals surface area (Å²) < 4.78 is 8.49. The summed E-state index contributed by atoms with van der Waals surface area (Å²) in [5, 5.41) is 4.26. The molecule has 0 bridgehead atoms. The largest absolute Gasteiger partial charge is 0.457 e. The maximum Gasteiger partial charge on any atom is 0.174 e. The van der Waals surface area contributed by atoms with Crippen molar-refractivity contribution in [3.05, 3.63) is 137 Å². The highest BCUT2D eigenvalue weighted by Crippen LogP contribution is 2.44. The molecule has 0 aliphatic carbocycles. The molecule has 0 spiro atoms. The third kappa shape index (κ3) is 4.75. The molecule has 5 nitrogen and oxygen atoms in total. The van der Waals surface area contributed by atoms with Crippen molar-refractivity contribution in [2.45, 2.75) is 39.8 Å². The van der Waals surface area contributed by atoms with Crippen molar-refractivity contribution in [2.75, 3.05) is 4.90 Å². The number of thiocarbonyl (C=S) groups is 1. The van der Waals surface area contributed by atoms with Gasteiger partial charge in [-0.15, -0.1) is 0 Å². The lowest BCUT2D eigenvalue weighted by atomic mass is 9.96. The van der Waals surface area contributed by atoms with Crippen LogP contribution in [-0.2, 0) is 0 Å². The van der Waals surface area contributed by atoms with Crippen molar-refractivity contribution in [1.29, 1.82) is 0 Å². The van der Waals surface area contributed by atoms with E-state index in [1.54, 1.807) is 0 Å². The standard InChI is InChI=1S/C34H32N4OS/c1-22-12-14-26(15-13-22)37-24(3)21-29(25(37)4)33-32(30-10-7-8-20-35-30)36-34(40)38(33)27-16-18-28(19-17-27)39-31-11-6-5-9-23(31)2/h5-21,32-33H,1-4H3,(H,36,40)/t32-,33-/m0/s1. The highest BCUT2D eigenvalue weighted by Gasteiger charge is 2.42. The van der Waals surface area contributed by atoms with Crippen LogP contribution in [0.4, 0.5) is 5.69 Å². The molecular formula is C34H32N4OS. The molecule has 6 rings (SSSR count). The molecule has 3 aromatic carbocycles. The van der Waals surface area contributed by atoms with E-state index in [4.69, 9.17) is 21.9 Å². The molecule has 40 heavy (non-hydrogen) atoms. The van der Waals surface area contributed by atoms with E-state index in [0.29, 0.717) is 5.11 Å². The Morgan fingerprint density at radius 2 is 1.50 bits per heavy atom. The van der Waals surface area contributed by atoms with Gasteiger partial charge in [-0.2, -0.15) is 0 Å². The molecule has 0 amide bonds. The molecule has 1 saturated heterocycles. The van der Waals surface area contributed by atoms with Crippen LogP contribution in [0.15, 0.2) is 103 Å². The van der Waals surface area contributed by atoms with E-state index in [-0.39, 0.29) is 12.1 Å². The van der Waals surface area contributed by atoms with Crippen molar-refractivity contribution in [3.63, 3.8) is 0 Å². The van der Waals surface area contributed by atoms with Crippen LogP contribution in [0.25, 0.3) is 5.69 Å². The lowest BCUT2D eigenvalue weighted by molar-refractivity contribution is 0.479. The van der Waals surface area contributed by atoms with Crippen molar-refractivity contribution in [2.24, 2.45) is 0 Å². The Kier molecular flexibility index (Phi) is 6.86. The fourth-order valence-electron chi connectivity index (χ4n) is 5.60. The van der Waals surface area contributed by atoms with Gasteiger partial charge < -0.3 is 19.5 Å². The maximum atomic E-state index is 6.17. The zero-order valence-electron chi connectivity index (χ0n) is 23.1. The fourth-order valence-corrected chi connectivity index (χ4v) is 5.95. The highest BCUT2D eigenvalue weighted by atomic mass is 32.1. The zero-order valence-corrected chi connectivity index (χ0v) is 23.9. The number of nitrogens with one attached hydrogen (secondary N) is 1. The highest BCUT2D eigenvalue weighted by molar-refractivity contribution is 7.80. The van der Waals surface area contributed by atoms with Gasteiger partial charge in [-0.1, -0.05) is 42.0 Å². The minimum Gasteiger partial charge on any atom is -0.457 e. The molecule has 1 N–H and O–H groups in total. The van der Waals surface area contributed by atoms with Gasteiger partial charge in [0.25, 0.3) is 0 Å². The number of nitrogens with zero attached hydrogens (tertiary/aromatic N) is 3. The molecule has 1 aliphatic heterocycles. The van der Waals surface area contributed by atoms with Crippen LogP contribution in [0.1, 0.15) is 45.9 Å². The number of aromatic nitrogens is 2. The van der Waals surface area contributed by atoms with Gasteiger partial charge in [0.1, 0.15) is 11.5 Å². The van der Waals surface area contributed by atoms with Crippen LogP contribution in [0.5, 0.6) is 11.5 Å². The topological polar surface area (TPSA) is 42.3 Å².